The Morgan fingerprint density at radius 2 is 1.75 bits per heavy atom. The van der Waals surface area contributed by atoms with Gasteiger partial charge in [0.05, 0.1) is 6.54 Å². The predicted molar refractivity (Wildman–Crippen MR) is 120 cm³/mol. The molecule has 0 aliphatic carbocycles. The molecule has 0 fully saturated rings. The van der Waals surface area contributed by atoms with Crippen LogP contribution in [-0.2, 0) is 17.9 Å². The summed E-state index contributed by atoms with van der Waals surface area (Å²) in [5, 5.41) is 0. The molecule has 1 unspecified atom stereocenters. The molecule has 3 aromatic carbocycles. The highest BCUT2D eigenvalue weighted by molar-refractivity contribution is 6.04. The molecule has 7 heteroatoms. The Hall–Kier alpha value is -4.00. The minimum atomic E-state index is -0.650. The Kier molecular flexibility index (Phi) is 5.98. The Bertz CT molecular complexity index is 1160. The van der Waals surface area contributed by atoms with Crippen molar-refractivity contribution in [3.05, 3.63) is 107 Å². The SMILES string of the molecule is CN(Cc1ccc(F)cc1)C(=O)c1cccc(CN2C(=O)C(c3ccccc3)N=C2N)c1. The van der Waals surface area contributed by atoms with E-state index in [1.54, 1.807) is 42.3 Å². The highest BCUT2D eigenvalue weighted by Gasteiger charge is 2.34. The number of nitrogens with two attached hydrogens (primary N) is 1. The van der Waals surface area contributed by atoms with Gasteiger partial charge in [0.2, 0.25) is 0 Å². The van der Waals surface area contributed by atoms with Crippen molar-refractivity contribution >= 4 is 17.8 Å². The first-order valence-corrected chi connectivity index (χ1v) is 10.2. The highest BCUT2D eigenvalue weighted by atomic mass is 19.1. The average molecular weight is 430 g/mol. The van der Waals surface area contributed by atoms with E-state index in [0.29, 0.717) is 12.1 Å². The molecular formula is C25H23FN4O2. The van der Waals surface area contributed by atoms with Crippen LogP contribution in [0.5, 0.6) is 0 Å². The van der Waals surface area contributed by atoms with Gasteiger partial charge in [0, 0.05) is 19.2 Å². The zero-order chi connectivity index (χ0) is 22.7. The Morgan fingerprint density at radius 3 is 2.47 bits per heavy atom. The summed E-state index contributed by atoms with van der Waals surface area (Å²) in [7, 11) is 1.69. The van der Waals surface area contributed by atoms with Crippen molar-refractivity contribution in [2.24, 2.45) is 10.7 Å². The van der Waals surface area contributed by atoms with Gasteiger partial charge in [0.1, 0.15) is 5.82 Å². The molecule has 2 N–H and O–H groups in total. The van der Waals surface area contributed by atoms with Crippen LogP contribution >= 0.6 is 0 Å². The van der Waals surface area contributed by atoms with Crippen molar-refractivity contribution in [1.82, 2.24) is 9.80 Å². The van der Waals surface area contributed by atoms with Gasteiger partial charge < -0.3 is 10.6 Å². The van der Waals surface area contributed by atoms with E-state index in [2.05, 4.69) is 4.99 Å². The molecule has 0 radical (unpaired) electrons. The average Bonchev–Trinajstić information content (AvgIpc) is 3.09. The number of carbonyl (C=O) groups excluding carboxylic acids is 2. The predicted octanol–water partition coefficient (Wildman–Crippen LogP) is 3.50. The molecule has 0 saturated heterocycles. The zero-order valence-corrected chi connectivity index (χ0v) is 17.6. The number of hydrogen-bond acceptors (Lipinski definition) is 4. The number of amides is 2. The van der Waals surface area contributed by atoms with Gasteiger partial charge in [-0.1, -0.05) is 54.6 Å². The molecule has 1 aliphatic rings. The zero-order valence-electron chi connectivity index (χ0n) is 17.6. The minimum Gasteiger partial charge on any atom is -0.369 e. The van der Waals surface area contributed by atoms with Gasteiger partial charge in [-0.05, 0) is 41.0 Å². The lowest BCUT2D eigenvalue weighted by Gasteiger charge is -2.19. The molecule has 0 spiro atoms. The standard InChI is InChI=1S/C25H23FN4O2/c1-29(15-17-10-12-21(26)13-11-17)23(31)20-9-5-6-18(14-20)16-30-24(32)22(28-25(30)27)19-7-3-2-4-8-19/h2-14,22H,15-16H2,1H3,(H2,27,28). The topological polar surface area (TPSA) is 79.0 Å². The van der Waals surface area contributed by atoms with Crippen molar-refractivity contribution in [3.8, 4) is 0 Å². The monoisotopic (exact) mass is 430 g/mol. The van der Waals surface area contributed by atoms with E-state index in [4.69, 9.17) is 5.73 Å². The van der Waals surface area contributed by atoms with E-state index < -0.39 is 6.04 Å². The number of rotatable bonds is 6. The van der Waals surface area contributed by atoms with Crippen LogP contribution in [0.2, 0.25) is 0 Å². The number of carbonyl (C=O) groups is 2. The van der Waals surface area contributed by atoms with Crippen molar-refractivity contribution in [2.45, 2.75) is 19.1 Å². The molecule has 4 rings (SSSR count). The van der Waals surface area contributed by atoms with E-state index in [1.165, 1.54) is 17.0 Å². The first kappa shape index (κ1) is 21.2. The van der Waals surface area contributed by atoms with Gasteiger partial charge >= 0.3 is 0 Å². The van der Waals surface area contributed by atoms with Crippen molar-refractivity contribution in [2.75, 3.05) is 7.05 Å². The summed E-state index contributed by atoms with van der Waals surface area (Å²) in [6, 6.07) is 21.8. The second-order valence-electron chi connectivity index (χ2n) is 7.71. The van der Waals surface area contributed by atoms with Gasteiger partial charge in [-0.25, -0.2) is 9.38 Å². The summed E-state index contributed by atoms with van der Waals surface area (Å²) in [5.41, 5.74) is 8.92. The van der Waals surface area contributed by atoms with Crippen LogP contribution < -0.4 is 5.73 Å². The summed E-state index contributed by atoms with van der Waals surface area (Å²) in [5.74, 6) is -0.523. The summed E-state index contributed by atoms with van der Waals surface area (Å²) < 4.78 is 13.1. The summed E-state index contributed by atoms with van der Waals surface area (Å²) in [4.78, 5) is 33.1. The van der Waals surface area contributed by atoms with Gasteiger partial charge in [-0.3, -0.25) is 14.5 Å². The van der Waals surface area contributed by atoms with Crippen molar-refractivity contribution in [1.29, 1.82) is 0 Å². The largest absolute Gasteiger partial charge is 0.369 e. The lowest BCUT2D eigenvalue weighted by Crippen LogP contribution is -2.37. The van der Waals surface area contributed by atoms with E-state index in [0.717, 1.165) is 16.7 Å². The maximum absolute atomic E-state index is 13.1. The third-order valence-electron chi connectivity index (χ3n) is 5.35. The molecule has 6 nitrogen and oxygen atoms in total. The molecule has 1 aliphatic heterocycles. The van der Waals surface area contributed by atoms with Gasteiger partial charge in [0.25, 0.3) is 11.8 Å². The minimum absolute atomic E-state index is 0.161. The third kappa shape index (κ3) is 4.51. The second-order valence-corrected chi connectivity index (χ2v) is 7.71. The van der Waals surface area contributed by atoms with E-state index >= 15 is 0 Å². The molecule has 0 saturated carbocycles. The molecular weight excluding hydrogens is 407 g/mol. The number of hydrogen-bond donors (Lipinski definition) is 1. The number of nitrogens with zero attached hydrogens (tertiary/aromatic N) is 3. The third-order valence-corrected chi connectivity index (χ3v) is 5.35. The van der Waals surface area contributed by atoms with Crippen LogP contribution in [0.25, 0.3) is 0 Å². The van der Waals surface area contributed by atoms with Crippen LogP contribution in [0, 0.1) is 5.82 Å². The lowest BCUT2D eigenvalue weighted by atomic mass is 10.1. The Balaban J connectivity index is 1.46. The molecule has 1 atom stereocenters. The fourth-order valence-corrected chi connectivity index (χ4v) is 3.67. The summed E-state index contributed by atoms with van der Waals surface area (Å²) in [6.45, 7) is 0.576. The molecule has 162 valence electrons. The quantitative estimate of drug-likeness (QED) is 0.650. The maximum atomic E-state index is 13.1. The fourth-order valence-electron chi connectivity index (χ4n) is 3.67. The van der Waals surface area contributed by atoms with E-state index in [-0.39, 0.29) is 30.1 Å². The number of halogens is 1. The molecule has 32 heavy (non-hydrogen) atoms. The number of benzene rings is 3. The Morgan fingerprint density at radius 1 is 1.03 bits per heavy atom. The van der Waals surface area contributed by atoms with Crippen molar-refractivity contribution < 1.29 is 14.0 Å². The maximum Gasteiger partial charge on any atom is 0.259 e. The first-order chi connectivity index (χ1) is 15.4. The van der Waals surface area contributed by atoms with Gasteiger partial charge in [-0.2, -0.15) is 0 Å². The lowest BCUT2D eigenvalue weighted by molar-refractivity contribution is -0.127. The van der Waals surface area contributed by atoms with Crippen LogP contribution in [0.1, 0.15) is 33.1 Å². The van der Waals surface area contributed by atoms with Gasteiger partial charge in [0.15, 0.2) is 12.0 Å². The summed E-state index contributed by atoms with van der Waals surface area (Å²) in [6.07, 6.45) is 0. The smallest absolute Gasteiger partial charge is 0.259 e. The highest BCUT2D eigenvalue weighted by Crippen LogP contribution is 2.26. The molecule has 1 heterocycles. The number of aliphatic imine (C=N–C) groups is 1. The first-order valence-electron chi connectivity index (χ1n) is 10.2. The molecule has 0 aromatic heterocycles. The summed E-state index contributed by atoms with van der Waals surface area (Å²) >= 11 is 0. The van der Waals surface area contributed by atoms with Crippen LogP contribution in [-0.4, -0.2) is 34.6 Å². The van der Waals surface area contributed by atoms with Crippen LogP contribution in [0.4, 0.5) is 4.39 Å². The molecule has 2 amide bonds. The Labute approximate surface area is 185 Å². The van der Waals surface area contributed by atoms with Crippen LogP contribution in [0.15, 0.2) is 83.9 Å². The molecule has 0 bridgehead atoms. The second kappa shape index (κ2) is 9.01. The molecule has 3 aromatic rings. The van der Waals surface area contributed by atoms with Crippen LogP contribution in [0.3, 0.4) is 0 Å². The van der Waals surface area contributed by atoms with Gasteiger partial charge in [-0.15, -0.1) is 0 Å². The number of guanidine groups is 1. The van der Waals surface area contributed by atoms with Crippen molar-refractivity contribution in [3.63, 3.8) is 0 Å². The fraction of sp³-hybridized carbons (Fsp3) is 0.160. The van der Waals surface area contributed by atoms with E-state index in [1.807, 2.05) is 36.4 Å². The normalized spacial score (nSPS) is 15.6. The van der Waals surface area contributed by atoms with E-state index in [9.17, 15) is 14.0 Å².